The molecule has 1 atom stereocenters. The number of benzene rings is 1. The number of hydrogen-bond donors (Lipinski definition) is 0. The molecule has 0 spiro atoms. The van der Waals surface area contributed by atoms with E-state index in [4.69, 9.17) is 0 Å². The molecule has 0 fully saturated rings. The van der Waals surface area contributed by atoms with Crippen LogP contribution in [0, 0.1) is 13.8 Å². The summed E-state index contributed by atoms with van der Waals surface area (Å²) in [5, 5.41) is 2.08. The van der Waals surface area contributed by atoms with E-state index in [1.807, 2.05) is 24.8 Å². The van der Waals surface area contributed by atoms with Crippen LogP contribution < -0.4 is 0 Å². The highest BCUT2D eigenvalue weighted by Gasteiger charge is 2.22. The molecule has 0 bridgehead atoms. The third kappa shape index (κ3) is 3.90. The molecule has 23 heavy (non-hydrogen) atoms. The molecule has 1 aromatic heterocycles. The molecule has 1 aromatic carbocycles. The summed E-state index contributed by atoms with van der Waals surface area (Å²) in [7, 11) is -1.16. The van der Waals surface area contributed by atoms with E-state index in [0.29, 0.717) is 12.3 Å². The molecule has 1 aliphatic rings. The van der Waals surface area contributed by atoms with Gasteiger partial charge in [-0.05, 0) is 48.4 Å². The molecule has 5 heteroatoms. The summed E-state index contributed by atoms with van der Waals surface area (Å²) in [6, 6.07) is 8.26. The van der Waals surface area contributed by atoms with Gasteiger partial charge >= 0.3 is 0 Å². The second-order valence-electron chi connectivity index (χ2n) is 6.09. The minimum Gasteiger partial charge on any atom is -0.337 e. The molecule has 0 unspecified atom stereocenters. The van der Waals surface area contributed by atoms with Gasteiger partial charge in [0.15, 0.2) is 0 Å². The summed E-state index contributed by atoms with van der Waals surface area (Å²) < 4.78 is 12.4. The van der Waals surface area contributed by atoms with Crippen LogP contribution in [0.5, 0.6) is 0 Å². The average molecular weight is 348 g/mol. The Balaban J connectivity index is 1.60. The van der Waals surface area contributed by atoms with Gasteiger partial charge in [0.2, 0.25) is 5.91 Å². The van der Waals surface area contributed by atoms with Gasteiger partial charge in [-0.15, -0.1) is 11.3 Å². The zero-order chi connectivity index (χ0) is 16.4. The molecule has 3 nitrogen and oxygen atoms in total. The Morgan fingerprint density at radius 3 is 2.96 bits per heavy atom. The number of carbonyl (C=O) groups is 1. The first-order valence-corrected chi connectivity index (χ1v) is 10.1. The molecule has 122 valence electrons. The third-order valence-corrected chi connectivity index (χ3v) is 6.49. The van der Waals surface area contributed by atoms with Crippen LogP contribution >= 0.6 is 11.3 Å². The first-order chi connectivity index (χ1) is 11.0. The zero-order valence-corrected chi connectivity index (χ0v) is 15.1. The number of nitrogens with zero attached hydrogens (tertiary/aromatic N) is 1. The van der Waals surface area contributed by atoms with Crippen molar-refractivity contribution in [2.24, 2.45) is 0 Å². The van der Waals surface area contributed by atoms with Crippen molar-refractivity contribution in [2.45, 2.75) is 32.6 Å². The summed E-state index contributed by atoms with van der Waals surface area (Å²) in [6.45, 7) is 5.46. The number of thiophene rings is 1. The zero-order valence-electron chi connectivity index (χ0n) is 13.5. The highest BCUT2D eigenvalue weighted by molar-refractivity contribution is 7.84. The monoisotopic (exact) mass is 347 g/mol. The first-order valence-electron chi connectivity index (χ1n) is 7.77. The van der Waals surface area contributed by atoms with E-state index < -0.39 is 10.8 Å². The van der Waals surface area contributed by atoms with Crippen LogP contribution in [-0.4, -0.2) is 27.3 Å². The molecule has 1 aliphatic heterocycles. The minimum absolute atomic E-state index is 0.00508. The number of aryl methyl sites for hydroxylation is 2. The van der Waals surface area contributed by atoms with Crippen molar-refractivity contribution < 1.29 is 9.00 Å². The number of hydrogen-bond acceptors (Lipinski definition) is 3. The van der Waals surface area contributed by atoms with Crippen LogP contribution in [0.2, 0.25) is 0 Å². The van der Waals surface area contributed by atoms with Gasteiger partial charge in [-0.3, -0.25) is 9.00 Å². The van der Waals surface area contributed by atoms with Crippen molar-refractivity contribution in [1.82, 2.24) is 4.90 Å². The van der Waals surface area contributed by atoms with E-state index in [2.05, 4.69) is 23.6 Å². The molecule has 3 rings (SSSR count). The van der Waals surface area contributed by atoms with Gasteiger partial charge in [0.25, 0.3) is 0 Å². The minimum atomic E-state index is -1.16. The van der Waals surface area contributed by atoms with Gasteiger partial charge in [0, 0.05) is 34.5 Å². The summed E-state index contributed by atoms with van der Waals surface area (Å²) in [6.07, 6.45) is 0.919. The van der Waals surface area contributed by atoms with E-state index >= 15 is 0 Å². The fraction of sp³-hybridized carbons (Fsp3) is 0.389. The average Bonchev–Trinajstić information content (AvgIpc) is 2.98. The van der Waals surface area contributed by atoms with E-state index in [-0.39, 0.29) is 11.7 Å². The maximum Gasteiger partial charge on any atom is 0.235 e. The Morgan fingerprint density at radius 2 is 2.13 bits per heavy atom. The first kappa shape index (κ1) is 16.4. The molecule has 2 heterocycles. The smallest absolute Gasteiger partial charge is 0.235 e. The highest BCUT2D eigenvalue weighted by atomic mass is 32.2. The van der Waals surface area contributed by atoms with Crippen molar-refractivity contribution in [3.8, 4) is 0 Å². The summed E-state index contributed by atoms with van der Waals surface area (Å²) >= 11 is 1.76. The van der Waals surface area contributed by atoms with Gasteiger partial charge in [0.1, 0.15) is 5.75 Å². The lowest BCUT2D eigenvalue weighted by atomic mass is 10.1. The number of fused-ring (bicyclic) bond motifs is 1. The van der Waals surface area contributed by atoms with Crippen LogP contribution in [0.3, 0.4) is 0 Å². The van der Waals surface area contributed by atoms with E-state index in [1.165, 1.54) is 10.4 Å². The van der Waals surface area contributed by atoms with Crippen LogP contribution in [0.4, 0.5) is 0 Å². The predicted octanol–water partition coefficient (Wildman–Crippen LogP) is 3.20. The highest BCUT2D eigenvalue weighted by Crippen LogP contribution is 2.24. The fourth-order valence-corrected chi connectivity index (χ4v) is 4.98. The van der Waals surface area contributed by atoms with Crippen molar-refractivity contribution in [3.63, 3.8) is 0 Å². The van der Waals surface area contributed by atoms with E-state index in [1.54, 1.807) is 11.3 Å². The molecule has 0 saturated heterocycles. The third-order valence-electron chi connectivity index (χ3n) is 4.27. The van der Waals surface area contributed by atoms with Gasteiger partial charge in [0.05, 0.1) is 0 Å². The lowest BCUT2D eigenvalue weighted by molar-refractivity contribution is -0.129. The van der Waals surface area contributed by atoms with Gasteiger partial charge in [-0.2, -0.15) is 0 Å². The topological polar surface area (TPSA) is 37.4 Å². The number of rotatable bonds is 4. The molecule has 0 aliphatic carbocycles. The van der Waals surface area contributed by atoms with Crippen LogP contribution in [-0.2, 0) is 34.3 Å². The Morgan fingerprint density at radius 1 is 1.30 bits per heavy atom. The Hall–Kier alpha value is -1.46. The quantitative estimate of drug-likeness (QED) is 0.852. The van der Waals surface area contributed by atoms with Gasteiger partial charge in [-0.1, -0.05) is 23.8 Å². The largest absolute Gasteiger partial charge is 0.337 e. The van der Waals surface area contributed by atoms with Crippen molar-refractivity contribution in [2.75, 3.05) is 12.3 Å². The predicted molar refractivity (Wildman–Crippen MR) is 96.1 cm³/mol. The second kappa shape index (κ2) is 6.97. The van der Waals surface area contributed by atoms with Crippen LogP contribution in [0.1, 0.15) is 27.1 Å². The second-order valence-corrected chi connectivity index (χ2v) is 8.55. The number of carbonyl (C=O) groups excluding carboxylic acids is 1. The normalized spacial score (nSPS) is 15.3. The SMILES string of the molecule is Cc1ccc(C)c(C[S@](=O)CC(=O)N2CCc3sccc3C2)c1. The maximum atomic E-state index is 12.4. The van der Waals surface area contributed by atoms with E-state index in [0.717, 1.165) is 29.7 Å². The molecular weight excluding hydrogens is 326 g/mol. The lowest BCUT2D eigenvalue weighted by Gasteiger charge is -2.27. The van der Waals surface area contributed by atoms with Crippen molar-refractivity contribution >= 4 is 28.0 Å². The standard InChI is InChI=1S/C18H21NO2S2/c1-13-3-4-14(2)16(9-13)11-23(21)12-18(20)19-7-5-17-15(10-19)6-8-22-17/h3-4,6,8-9H,5,7,10-12H2,1-2H3/t23-/m0/s1. The molecule has 2 aromatic rings. The van der Waals surface area contributed by atoms with Gasteiger partial charge < -0.3 is 4.90 Å². The molecule has 0 saturated carbocycles. The maximum absolute atomic E-state index is 12.4. The van der Waals surface area contributed by atoms with Crippen molar-refractivity contribution in [3.05, 3.63) is 56.8 Å². The lowest BCUT2D eigenvalue weighted by Crippen LogP contribution is -2.38. The molecule has 0 N–H and O–H groups in total. The summed E-state index contributed by atoms with van der Waals surface area (Å²) in [4.78, 5) is 15.6. The molecule has 1 amide bonds. The van der Waals surface area contributed by atoms with E-state index in [9.17, 15) is 9.00 Å². The Kier molecular flexibility index (Phi) is 4.97. The molecular formula is C18H21NO2S2. The van der Waals surface area contributed by atoms with Crippen LogP contribution in [0.25, 0.3) is 0 Å². The Labute approximate surface area is 143 Å². The summed E-state index contributed by atoms with van der Waals surface area (Å²) in [5.41, 5.74) is 4.62. The van der Waals surface area contributed by atoms with Crippen molar-refractivity contribution in [1.29, 1.82) is 0 Å². The van der Waals surface area contributed by atoms with Gasteiger partial charge in [-0.25, -0.2) is 0 Å². The van der Waals surface area contributed by atoms with Crippen LogP contribution in [0.15, 0.2) is 29.6 Å². The number of amides is 1. The fourth-order valence-electron chi connectivity index (χ4n) is 2.87. The summed E-state index contributed by atoms with van der Waals surface area (Å²) in [5.74, 6) is 0.578. The molecule has 0 radical (unpaired) electrons. The Bertz CT molecular complexity index is 751.